The predicted molar refractivity (Wildman–Crippen MR) is 68.3 cm³/mol. The fourth-order valence-corrected chi connectivity index (χ4v) is 1.64. The highest BCUT2D eigenvalue weighted by atomic mass is 16.4. The summed E-state index contributed by atoms with van der Waals surface area (Å²) in [6, 6.07) is 3.47. The van der Waals surface area contributed by atoms with Crippen LogP contribution in [0.2, 0.25) is 0 Å². The van der Waals surface area contributed by atoms with Gasteiger partial charge in [-0.05, 0) is 19.9 Å². The van der Waals surface area contributed by atoms with Crippen LogP contribution in [-0.4, -0.2) is 28.6 Å². The second kappa shape index (κ2) is 5.87. The molecule has 0 unspecified atom stereocenters. The highest BCUT2D eigenvalue weighted by Crippen LogP contribution is 2.22. The van der Waals surface area contributed by atoms with Crippen molar-refractivity contribution in [2.45, 2.75) is 26.3 Å². The molecule has 0 bridgehead atoms. The molecule has 0 fully saturated rings. The van der Waals surface area contributed by atoms with Crippen LogP contribution in [0.4, 0.5) is 11.5 Å². The van der Waals surface area contributed by atoms with Crippen LogP contribution in [0, 0.1) is 11.3 Å². The lowest BCUT2D eigenvalue weighted by molar-refractivity contribution is 0.0697. The summed E-state index contributed by atoms with van der Waals surface area (Å²) in [4.78, 5) is 17.1. The normalized spacial score (nSPS) is 10.1. The van der Waals surface area contributed by atoms with E-state index in [4.69, 9.17) is 16.1 Å². The van der Waals surface area contributed by atoms with Gasteiger partial charge in [0, 0.05) is 12.6 Å². The third-order valence-electron chi connectivity index (χ3n) is 2.48. The number of aromatic nitrogens is 1. The first-order valence-electron chi connectivity index (χ1n) is 5.59. The number of hydrogen-bond donors (Lipinski definition) is 2. The van der Waals surface area contributed by atoms with Gasteiger partial charge in [-0.15, -0.1) is 0 Å². The maximum absolute atomic E-state index is 11.2. The Balaban J connectivity index is 3.19. The van der Waals surface area contributed by atoms with Crippen LogP contribution in [0.5, 0.6) is 0 Å². The summed E-state index contributed by atoms with van der Waals surface area (Å²) in [5.74, 6) is -0.727. The minimum atomic E-state index is -1.08. The molecular formula is C12H16N4O2. The maximum Gasteiger partial charge on any atom is 0.339 e. The Morgan fingerprint density at radius 1 is 1.67 bits per heavy atom. The lowest BCUT2D eigenvalue weighted by Gasteiger charge is -2.28. The molecule has 1 aromatic rings. The van der Waals surface area contributed by atoms with Crippen molar-refractivity contribution in [3.05, 3.63) is 17.8 Å². The summed E-state index contributed by atoms with van der Waals surface area (Å²) in [7, 11) is 0. The zero-order valence-electron chi connectivity index (χ0n) is 10.4. The van der Waals surface area contributed by atoms with Crippen molar-refractivity contribution in [2.75, 3.05) is 17.2 Å². The van der Waals surface area contributed by atoms with Gasteiger partial charge in [0.05, 0.1) is 24.4 Å². The van der Waals surface area contributed by atoms with E-state index in [-0.39, 0.29) is 11.6 Å². The van der Waals surface area contributed by atoms with Gasteiger partial charge in [0.15, 0.2) is 0 Å². The molecule has 0 saturated heterocycles. The standard InChI is InChI=1S/C12H16N4O2/c1-8(2)16(5-3-4-13)11-10(12(17)18)6-9(14)7-15-11/h6-8H,3,5,14H2,1-2H3,(H,17,18). The minimum absolute atomic E-state index is 0.0487. The lowest BCUT2D eigenvalue weighted by atomic mass is 10.2. The van der Waals surface area contributed by atoms with E-state index >= 15 is 0 Å². The van der Waals surface area contributed by atoms with Crippen LogP contribution < -0.4 is 10.6 Å². The predicted octanol–water partition coefficient (Wildman–Crippen LogP) is 1.49. The number of aromatic carboxylic acids is 1. The molecule has 0 aliphatic carbocycles. The Hall–Kier alpha value is -2.29. The molecule has 1 heterocycles. The summed E-state index contributed by atoms with van der Waals surface area (Å²) in [6.45, 7) is 4.27. The van der Waals surface area contributed by atoms with Gasteiger partial charge < -0.3 is 15.7 Å². The highest BCUT2D eigenvalue weighted by molar-refractivity contribution is 5.94. The van der Waals surface area contributed by atoms with Gasteiger partial charge in [0.2, 0.25) is 0 Å². The average Bonchev–Trinajstić information content (AvgIpc) is 2.30. The van der Waals surface area contributed by atoms with Gasteiger partial charge in [-0.3, -0.25) is 0 Å². The van der Waals surface area contributed by atoms with Crippen molar-refractivity contribution in [1.29, 1.82) is 5.26 Å². The van der Waals surface area contributed by atoms with E-state index < -0.39 is 5.97 Å². The van der Waals surface area contributed by atoms with Crippen LogP contribution in [0.25, 0.3) is 0 Å². The Morgan fingerprint density at radius 2 is 2.33 bits per heavy atom. The van der Waals surface area contributed by atoms with Gasteiger partial charge in [-0.25, -0.2) is 9.78 Å². The second-order valence-electron chi connectivity index (χ2n) is 4.14. The number of hydrogen-bond acceptors (Lipinski definition) is 5. The monoisotopic (exact) mass is 248 g/mol. The highest BCUT2D eigenvalue weighted by Gasteiger charge is 2.20. The molecule has 6 heteroatoms. The van der Waals surface area contributed by atoms with Crippen LogP contribution in [-0.2, 0) is 0 Å². The second-order valence-corrected chi connectivity index (χ2v) is 4.14. The molecule has 3 N–H and O–H groups in total. The molecule has 0 atom stereocenters. The Bertz CT molecular complexity index is 479. The summed E-state index contributed by atoms with van der Waals surface area (Å²) in [6.07, 6.45) is 1.73. The molecule has 0 aliphatic rings. The van der Waals surface area contributed by atoms with Gasteiger partial charge in [-0.2, -0.15) is 5.26 Å². The average molecular weight is 248 g/mol. The lowest BCUT2D eigenvalue weighted by Crippen LogP contribution is -2.33. The van der Waals surface area contributed by atoms with Crippen molar-refractivity contribution >= 4 is 17.5 Å². The molecule has 6 nitrogen and oxygen atoms in total. The molecule has 0 aromatic carbocycles. The van der Waals surface area contributed by atoms with Gasteiger partial charge in [0.1, 0.15) is 11.4 Å². The van der Waals surface area contributed by atoms with Gasteiger partial charge in [-0.1, -0.05) is 0 Å². The Labute approximate surface area is 106 Å². The number of nitrogens with zero attached hydrogens (tertiary/aromatic N) is 3. The molecule has 96 valence electrons. The van der Waals surface area contributed by atoms with E-state index in [1.807, 2.05) is 19.9 Å². The fraction of sp³-hybridized carbons (Fsp3) is 0.417. The van der Waals surface area contributed by atoms with Crippen molar-refractivity contribution in [3.8, 4) is 6.07 Å². The zero-order valence-corrected chi connectivity index (χ0v) is 10.4. The van der Waals surface area contributed by atoms with E-state index in [2.05, 4.69) is 4.98 Å². The quantitative estimate of drug-likeness (QED) is 0.818. The molecule has 1 aromatic heterocycles. The molecule has 0 radical (unpaired) electrons. The number of carbonyl (C=O) groups is 1. The first-order valence-corrected chi connectivity index (χ1v) is 5.59. The molecule has 0 amide bonds. The number of pyridine rings is 1. The first-order chi connectivity index (χ1) is 8.47. The molecule has 1 rings (SSSR count). The van der Waals surface area contributed by atoms with Gasteiger partial charge >= 0.3 is 5.97 Å². The van der Waals surface area contributed by atoms with E-state index in [0.29, 0.717) is 24.5 Å². The molecule has 0 spiro atoms. The number of nitriles is 1. The van der Waals surface area contributed by atoms with Crippen molar-refractivity contribution in [3.63, 3.8) is 0 Å². The van der Waals surface area contributed by atoms with Crippen LogP contribution >= 0.6 is 0 Å². The summed E-state index contributed by atoms with van der Waals surface area (Å²) < 4.78 is 0. The third-order valence-corrected chi connectivity index (χ3v) is 2.48. The van der Waals surface area contributed by atoms with E-state index in [1.165, 1.54) is 12.3 Å². The summed E-state index contributed by atoms with van der Waals surface area (Å²) in [5.41, 5.74) is 5.91. The number of anilines is 2. The van der Waals surface area contributed by atoms with E-state index in [9.17, 15) is 4.79 Å². The fourth-order valence-electron chi connectivity index (χ4n) is 1.64. The van der Waals surface area contributed by atoms with Gasteiger partial charge in [0.25, 0.3) is 0 Å². The van der Waals surface area contributed by atoms with Crippen LogP contribution in [0.15, 0.2) is 12.3 Å². The smallest absolute Gasteiger partial charge is 0.339 e. The van der Waals surface area contributed by atoms with Crippen molar-refractivity contribution in [2.24, 2.45) is 0 Å². The van der Waals surface area contributed by atoms with Crippen LogP contribution in [0.1, 0.15) is 30.6 Å². The number of nitrogen functional groups attached to an aromatic ring is 1. The summed E-state index contributed by atoms with van der Waals surface area (Å²) in [5, 5.41) is 17.8. The van der Waals surface area contributed by atoms with Crippen molar-refractivity contribution < 1.29 is 9.90 Å². The largest absolute Gasteiger partial charge is 0.478 e. The topological polar surface area (TPSA) is 103 Å². The maximum atomic E-state index is 11.2. The molecular weight excluding hydrogens is 232 g/mol. The molecule has 0 aliphatic heterocycles. The number of rotatable bonds is 5. The Kier molecular flexibility index (Phi) is 4.49. The zero-order chi connectivity index (χ0) is 13.7. The molecule has 0 saturated carbocycles. The summed E-state index contributed by atoms with van der Waals surface area (Å²) >= 11 is 0. The first kappa shape index (κ1) is 13.8. The minimum Gasteiger partial charge on any atom is -0.478 e. The SMILES string of the molecule is CC(C)N(CCC#N)c1ncc(N)cc1C(=O)O. The molecule has 18 heavy (non-hydrogen) atoms. The third kappa shape index (κ3) is 3.10. The van der Waals surface area contributed by atoms with Crippen LogP contribution in [0.3, 0.4) is 0 Å². The number of carboxylic acid groups (broad SMARTS) is 1. The van der Waals surface area contributed by atoms with Crippen molar-refractivity contribution in [1.82, 2.24) is 4.98 Å². The Morgan fingerprint density at radius 3 is 2.83 bits per heavy atom. The number of nitrogens with two attached hydrogens (primary N) is 1. The van der Waals surface area contributed by atoms with E-state index in [1.54, 1.807) is 4.90 Å². The van der Waals surface area contributed by atoms with E-state index in [0.717, 1.165) is 0 Å². The number of carboxylic acids is 1.